The van der Waals surface area contributed by atoms with Gasteiger partial charge >= 0.3 is 6.85 Å². The molecule has 4 aliphatic carbocycles. The second kappa shape index (κ2) is 14.2. The van der Waals surface area contributed by atoms with Crippen LogP contribution in [0.4, 0.5) is 22.7 Å². The number of para-hydroxylation sites is 1. The average Bonchev–Trinajstić information content (AvgIpc) is 3.85. The van der Waals surface area contributed by atoms with Crippen LogP contribution in [0.1, 0.15) is 172 Å². The van der Waals surface area contributed by atoms with Gasteiger partial charge in [0.1, 0.15) is 0 Å². The maximum atomic E-state index is 3.05. The summed E-state index contributed by atoms with van der Waals surface area (Å²) in [5.41, 5.74) is 31.4. The van der Waals surface area contributed by atoms with Crippen LogP contribution in [0, 0.1) is 0 Å². The van der Waals surface area contributed by atoms with E-state index in [1.807, 2.05) is 0 Å². The molecule has 2 atom stereocenters. The Morgan fingerprint density at radius 3 is 1.94 bits per heavy atom. The van der Waals surface area contributed by atoms with Crippen LogP contribution in [-0.2, 0) is 33.5 Å². The van der Waals surface area contributed by atoms with E-state index in [9.17, 15) is 0 Å². The quantitative estimate of drug-likeness (QED) is 0.159. The highest BCUT2D eigenvalue weighted by atomic mass is 15.2. The number of rotatable bonds is 5. The molecule has 3 aliphatic heterocycles. The Labute approximate surface area is 425 Å². The van der Waals surface area contributed by atoms with Crippen LogP contribution in [0.2, 0.25) is 0 Å². The Morgan fingerprint density at radius 2 is 1.17 bits per heavy atom. The highest BCUT2D eigenvalue weighted by Gasteiger charge is 2.64. The Morgan fingerprint density at radius 1 is 0.479 bits per heavy atom. The summed E-state index contributed by atoms with van der Waals surface area (Å²) in [5.74, 6) is 0. The fourth-order valence-electron chi connectivity index (χ4n) is 16.3. The lowest BCUT2D eigenvalue weighted by molar-refractivity contribution is 0.199. The first-order valence-corrected chi connectivity index (χ1v) is 27.5. The zero-order valence-corrected chi connectivity index (χ0v) is 44.4. The predicted molar refractivity (Wildman–Crippen MR) is 303 cm³/mol. The minimum atomic E-state index is -0.198. The molecule has 1 saturated carbocycles. The second-order valence-electron chi connectivity index (χ2n) is 26.0. The molecule has 356 valence electrons. The number of anilines is 4. The van der Waals surface area contributed by atoms with Crippen LogP contribution in [0.5, 0.6) is 0 Å². The molecule has 0 aromatic heterocycles. The van der Waals surface area contributed by atoms with Gasteiger partial charge < -0.3 is 9.71 Å². The SMILES string of the molecule is CCCCc1ccc(N2c3cc4c(c5c3B(c3ccc6c(c32)-c2cc3c(cc2C6(C)C)C(C)(C)CCC3(C)C)N2c3c-5cccc3C3(C)CCCCC23C)-c2ccccc2C4(C)C)c(-c2ccccc2)c1. The molecule has 71 heavy (non-hydrogen) atoms. The Kier molecular flexibility index (Phi) is 8.82. The standard InChI is InChI=1S/C68H71BN2/c1-12-13-22-41-29-32-55(45(37-41)42-23-15-14-16-24-42)70-56-40-53-57(43-25-17-18-27-47(43)65(53,6)7)59-44-26-21-28-49-61(44)71(68(11)34-20-19-33-67(49,68)10)69(60(56)59)54-31-30-48-58(62(54)70)46-38-51-52(39-50(46)66(48,8)9)64(4,5)36-35-63(51,2)3/h14-18,21,23-32,37-40H,12-13,19-20,22,33-36H2,1-11H3. The molecule has 3 heteroatoms. The van der Waals surface area contributed by atoms with Crippen molar-refractivity contribution in [3.8, 4) is 44.5 Å². The van der Waals surface area contributed by atoms with E-state index in [0.29, 0.717) is 0 Å². The van der Waals surface area contributed by atoms with E-state index >= 15 is 0 Å². The van der Waals surface area contributed by atoms with Gasteiger partial charge in [0.05, 0.1) is 11.4 Å². The first-order chi connectivity index (χ1) is 33.9. The summed E-state index contributed by atoms with van der Waals surface area (Å²) in [6.07, 6.45) is 10.8. The van der Waals surface area contributed by atoms with Crippen LogP contribution < -0.4 is 20.6 Å². The number of benzene rings is 7. The molecule has 14 rings (SSSR count). The summed E-state index contributed by atoms with van der Waals surface area (Å²) in [7, 11) is 0. The molecular weight excluding hydrogens is 856 g/mol. The fourth-order valence-corrected chi connectivity index (χ4v) is 16.3. The van der Waals surface area contributed by atoms with E-state index in [1.54, 1.807) is 16.7 Å². The third-order valence-electron chi connectivity index (χ3n) is 20.7. The second-order valence-corrected chi connectivity index (χ2v) is 26.0. The van der Waals surface area contributed by atoms with E-state index in [0.717, 1.165) is 6.42 Å². The van der Waals surface area contributed by atoms with Crippen molar-refractivity contribution < 1.29 is 0 Å². The van der Waals surface area contributed by atoms with Crippen molar-refractivity contribution in [2.45, 2.75) is 167 Å². The van der Waals surface area contributed by atoms with Gasteiger partial charge in [-0.05, 0) is 164 Å². The van der Waals surface area contributed by atoms with E-state index in [1.165, 1.54) is 157 Å². The van der Waals surface area contributed by atoms with Gasteiger partial charge in [-0.25, -0.2) is 0 Å². The smallest absolute Gasteiger partial charge is 0.328 e. The van der Waals surface area contributed by atoms with E-state index in [2.05, 4.69) is 207 Å². The first-order valence-electron chi connectivity index (χ1n) is 27.5. The van der Waals surface area contributed by atoms with Crippen molar-refractivity contribution in [1.29, 1.82) is 0 Å². The van der Waals surface area contributed by atoms with E-state index < -0.39 is 0 Å². The number of aryl methyl sites for hydroxylation is 1. The van der Waals surface area contributed by atoms with Gasteiger partial charge in [0.2, 0.25) is 0 Å². The largest absolute Gasteiger partial charge is 0.400 e. The molecule has 2 unspecified atom stereocenters. The van der Waals surface area contributed by atoms with Crippen molar-refractivity contribution in [1.82, 2.24) is 0 Å². The molecule has 3 heterocycles. The van der Waals surface area contributed by atoms with Gasteiger partial charge in [0.15, 0.2) is 0 Å². The molecule has 0 radical (unpaired) electrons. The van der Waals surface area contributed by atoms with Crippen molar-refractivity contribution in [3.63, 3.8) is 0 Å². The summed E-state index contributed by atoms with van der Waals surface area (Å²) in [4.78, 5) is 5.90. The van der Waals surface area contributed by atoms with Crippen molar-refractivity contribution in [2.24, 2.45) is 0 Å². The fraction of sp³-hybridized carbons (Fsp3) is 0.382. The average molecular weight is 927 g/mol. The lowest BCUT2D eigenvalue weighted by atomic mass is 9.41. The summed E-state index contributed by atoms with van der Waals surface area (Å²) < 4.78 is 0. The molecule has 2 nitrogen and oxygen atoms in total. The number of unbranched alkanes of at least 4 members (excludes halogenated alkanes) is 1. The van der Waals surface area contributed by atoms with Gasteiger partial charge in [-0.1, -0.05) is 186 Å². The maximum Gasteiger partial charge on any atom is 0.328 e. The Hall–Kier alpha value is -5.80. The van der Waals surface area contributed by atoms with Gasteiger partial charge in [0, 0.05) is 49.8 Å². The molecule has 7 aromatic rings. The molecule has 7 aliphatic rings. The Balaban J connectivity index is 1.18. The summed E-state index contributed by atoms with van der Waals surface area (Å²) in [6.45, 7) is 27.7. The molecule has 0 saturated heterocycles. The molecule has 0 spiro atoms. The minimum absolute atomic E-state index is 0.0218. The van der Waals surface area contributed by atoms with Gasteiger partial charge in [-0.3, -0.25) is 0 Å². The van der Waals surface area contributed by atoms with Crippen molar-refractivity contribution in [3.05, 3.63) is 166 Å². The van der Waals surface area contributed by atoms with Crippen LogP contribution in [0.25, 0.3) is 44.5 Å². The molecule has 7 aromatic carbocycles. The lowest BCUT2D eigenvalue weighted by Gasteiger charge is -2.55. The van der Waals surface area contributed by atoms with Crippen LogP contribution in [0.15, 0.2) is 121 Å². The van der Waals surface area contributed by atoms with Gasteiger partial charge in [-0.15, -0.1) is 0 Å². The third kappa shape index (κ3) is 5.41. The van der Waals surface area contributed by atoms with Crippen LogP contribution in [0.3, 0.4) is 0 Å². The van der Waals surface area contributed by atoms with E-state index in [4.69, 9.17) is 0 Å². The Bertz CT molecular complexity index is 3480. The summed E-state index contributed by atoms with van der Waals surface area (Å²) >= 11 is 0. The molecule has 0 N–H and O–H groups in total. The number of hydrogen-bond acceptors (Lipinski definition) is 2. The lowest BCUT2D eigenvalue weighted by Crippen LogP contribution is -2.71. The molecule has 0 amide bonds. The van der Waals surface area contributed by atoms with Crippen LogP contribution >= 0.6 is 0 Å². The number of fused-ring (bicyclic) bond motifs is 16. The van der Waals surface area contributed by atoms with Crippen molar-refractivity contribution >= 4 is 40.5 Å². The zero-order chi connectivity index (χ0) is 48.9. The highest BCUT2D eigenvalue weighted by Crippen LogP contribution is 2.67. The summed E-state index contributed by atoms with van der Waals surface area (Å²) in [6, 6.07) is 49.2. The number of nitrogens with zero attached hydrogens (tertiary/aromatic N) is 2. The summed E-state index contributed by atoms with van der Waals surface area (Å²) in [5, 5.41) is 0. The zero-order valence-electron chi connectivity index (χ0n) is 44.4. The minimum Gasteiger partial charge on any atom is -0.400 e. The number of hydrogen-bond donors (Lipinski definition) is 0. The van der Waals surface area contributed by atoms with E-state index in [-0.39, 0.29) is 39.5 Å². The van der Waals surface area contributed by atoms with Gasteiger partial charge in [0.25, 0.3) is 0 Å². The monoisotopic (exact) mass is 927 g/mol. The van der Waals surface area contributed by atoms with Crippen molar-refractivity contribution in [2.75, 3.05) is 9.71 Å². The third-order valence-corrected chi connectivity index (χ3v) is 20.7. The predicted octanol–water partition coefficient (Wildman–Crippen LogP) is 16.6. The molecule has 0 bridgehead atoms. The topological polar surface area (TPSA) is 6.48 Å². The normalized spacial score (nSPS) is 23.2. The molecular formula is C68H71BN2. The maximum absolute atomic E-state index is 3.05. The highest BCUT2D eigenvalue weighted by molar-refractivity contribution is 6.93. The first kappa shape index (κ1) is 43.9. The molecule has 1 fully saturated rings. The van der Waals surface area contributed by atoms with Crippen LogP contribution in [-0.4, -0.2) is 12.4 Å². The van der Waals surface area contributed by atoms with Gasteiger partial charge in [-0.2, -0.15) is 0 Å².